The maximum Gasteiger partial charge on any atom is 0.274 e. The first-order valence-corrected chi connectivity index (χ1v) is 7.02. The number of carbonyl (C=O) groups is 2. The Morgan fingerprint density at radius 1 is 1.52 bits per heavy atom. The molecule has 0 radical (unpaired) electrons. The van der Waals surface area contributed by atoms with E-state index in [9.17, 15) is 14.7 Å². The zero-order valence-electron chi connectivity index (χ0n) is 11.8. The third kappa shape index (κ3) is 3.91. The molecule has 0 bridgehead atoms. The van der Waals surface area contributed by atoms with E-state index in [-0.39, 0.29) is 23.9 Å². The summed E-state index contributed by atoms with van der Waals surface area (Å²) in [5.41, 5.74) is 5.56. The number of nitrogens with one attached hydrogen (secondary N) is 1. The number of rotatable bonds is 4. The van der Waals surface area contributed by atoms with Crippen molar-refractivity contribution >= 4 is 11.8 Å². The summed E-state index contributed by atoms with van der Waals surface area (Å²) in [7, 11) is 0. The van der Waals surface area contributed by atoms with Crippen LogP contribution in [-0.4, -0.2) is 53.0 Å². The van der Waals surface area contributed by atoms with Crippen molar-refractivity contribution in [2.45, 2.75) is 12.8 Å². The third-order valence-corrected chi connectivity index (χ3v) is 3.61. The van der Waals surface area contributed by atoms with Crippen molar-refractivity contribution in [2.24, 2.45) is 11.7 Å². The van der Waals surface area contributed by atoms with Crippen molar-refractivity contribution in [3.63, 3.8) is 0 Å². The zero-order chi connectivity index (χ0) is 15.2. The molecule has 114 valence electrons. The Hall–Kier alpha value is -2.15. The Labute approximate surface area is 123 Å². The van der Waals surface area contributed by atoms with Crippen LogP contribution in [0, 0.1) is 5.92 Å². The number of likely N-dealkylation sites (tertiary alicyclic amines) is 1. The Morgan fingerprint density at radius 2 is 2.33 bits per heavy atom. The van der Waals surface area contributed by atoms with Crippen molar-refractivity contribution in [2.75, 3.05) is 26.2 Å². The highest BCUT2D eigenvalue weighted by molar-refractivity contribution is 5.96. The molecule has 2 amide bonds. The standard InChI is InChI=1S/C14H20N4O3/c15-7-10-3-2-6-18(9-10)12(20)8-17-14(21)13-11(19)4-1-5-16-13/h1,4-5,10,19H,2-3,6-9,15H2,(H,17,21). The number of aromatic hydroxyl groups is 1. The van der Waals surface area contributed by atoms with Gasteiger partial charge in [-0.25, -0.2) is 4.98 Å². The molecule has 4 N–H and O–H groups in total. The summed E-state index contributed by atoms with van der Waals surface area (Å²) in [5.74, 6) is -0.576. The summed E-state index contributed by atoms with van der Waals surface area (Å²) in [4.78, 5) is 29.4. The van der Waals surface area contributed by atoms with Crippen molar-refractivity contribution in [3.8, 4) is 5.75 Å². The molecule has 1 unspecified atom stereocenters. The lowest BCUT2D eigenvalue weighted by molar-refractivity contribution is -0.131. The first kappa shape index (κ1) is 15.2. The number of aromatic nitrogens is 1. The van der Waals surface area contributed by atoms with E-state index in [1.807, 2.05) is 0 Å². The van der Waals surface area contributed by atoms with Crippen molar-refractivity contribution in [1.82, 2.24) is 15.2 Å². The van der Waals surface area contributed by atoms with E-state index in [0.29, 0.717) is 25.6 Å². The number of piperidine rings is 1. The van der Waals surface area contributed by atoms with Gasteiger partial charge in [-0.2, -0.15) is 0 Å². The summed E-state index contributed by atoms with van der Waals surface area (Å²) in [6, 6.07) is 2.90. The smallest absolute Gasteiger partial charge is 0.274 e. The minimum atomic E-state index is -0.561. The van der Waals surface area contributed by atoms with Crippen LogP contribution < -0.4 is 11.1 Å². The van der Waals surface area contributed by atoms with E-state index in [0.717, 1.165) is 12.8 Å². The van der Waals surface area contributed by atoms with Crippen LogP contribution in [0.2, 0.25) is 0 Å². The fourth-order valence-corrected chi connectivity index (χ4v) is 2.41. The number of nitrogens with two attached hydrogens (primary N) is 1. The van der Waals surface area contributed by atoms with Gasteiger partial charge < -0.3 is 21.1 Å². The second-order valence-corrected chi connectivity index (χ2v) is 5.14. The number of amides is 2. The van der Waals surface area contributed by atoms with E-state index in [1.54, 1.807) is 4.90 Å². The summed E-state index contributed by atoms with van der Waals surface area (Å²) in [6.07, 6.45) is 3.38. The number of hydrogen-bond acceptors (Lipinski definition) is 5. The average Bonchev–Trinajstić information content (AvgIpc) is 2.52. The largest absolute Gasteiger partial charge is 0.505 e. The summed E-state index contributed by atoms with van der Waals surface area (Å²) < 4.78 is 0. The maximum atomic E-state index is 12.1. The van der Waals surface area contributed by atoms with Gasteiger partial charge in [0.2, 0.25) is 5.91 Å². The number of carbonyl (C=O) groups excluding carboxylic acids is 2. The van der Waals surface area contributed by atoms with E-state index >= 15 is 0 Å². The molecule has 0 spiro atoms. The molecule has 1 atom stereocenters. The highest BCUT2D eigenvalue weighted by Gasteiger charge is 2.23. The molecule has 7 nitrogen and oxygen atoms in total. The minimum absolute atomic E-state index is 0.0798. The number of hydrogen-bond donors (Lipinski definition) is 3. The summed E-state index contributed by atoms with van der Waals surface area (Å²) in [6.45, 7) is 1.80. The molecule has 7 heteroatoms. The lowest BCUT2D eigenvalue weighted by Crippen LogP contribution is -2.46. The molecule has 1 fully saturated rings. The van der Waals surface area contributed by atoms with Gasteiger partial charge in [0.05, 0.1) is 6.54 Å². The Kier molecular flexibility index (Phi) is 5.10. The summed E-state index contributed by atoms with van der Waals surface area (Å²) >= 11 is 0. The monoisotopic (exact) mass is 292 g/mol. The lowest BCUT2D eigenvalue weighted by Gasteiger charge is -2.32. The van der Waals surface area contributed by atoms with Gasteiger partial charge in [0.15, 0.2) is 5.69 Å². The minimum Gasteiger partial charge on any atom is -0.505 e. The van der Waals surface area contributed by atoms with Gasteiger partial charge >= 0.3 is 0 Å². The van der Waals surface area contributed by atoms with Gasteiger partial charge in [0.25, 0.3) is 5.91 Å². The normalized spacial score (nSPS) is 18.3. The molecular weight excluding hydrogens is 272 g/mol. The van der Waals surface area contributed by atoms with Gasteiger partial charge in [-0.3, -0.25) is 9.59 Å². The molecule has 1 aromatic heterocycles. The van der Waals surface area contributed by atoms with E-state index < -0.39 is 5.91 Å². The predicted octanol–water partition coefficient (Wildman–Crippen LogP) is -0.286. The maximum absolute atomic E-state index is 12.1. The van der Waals surface area contributed by atoms with Crippen LogP contribution >= 0.6 is 0 Å². The van der Waals surface area contributed by atoms with Gasteiger partial charge in [-0.05, 0) is 37.4 Å². The van der Waals surface area contributed by atoms with Crippen LogP contribution in [-0.2, 0) is 4.79 Å². The quantitative estimate of drug-likeness (QED) is 0.707. The highest BCUT2D eigenvalue weighted by Crippen LogP contribution is 2.15. The highest BCUT2D eigenvalue weighted by atomic mass is 16.3. The molecule has 1 aromatic rings. The Bertz CT molecular complexity index is 521. The Morgan fingerprint density at radius 3 is 3.05 bits per heavy atom. The van der Waals surface area contributed by atoms with E-state index in [1.165, 1.54) is 18.3 Å². The third-order valence-electron chi connectivity index (χ3n) is 3.61. The van der Waals surface area contributed by atoms with Gasteiger partial charge in [0, 0.05) is 19.3 Å². The van der Waals surface area contributed by atoms with Crippen LogP contribution in [0.15, 0.2) is 18.3 Å². The van der Waals surface area contributed by atoms with Gasteiger partial charge in [-0.15, -0.1) is 0 Å². The molecule has 1 aliphatic heterocycles. The first-order valence-electron chi connectivity index (χ1n) is 7.02. The molecule has 2 heterocycles. The first-order chi connectivity index (χ1) is 10.1. The lowest BCUT2D eigenvalue weighted by atomic mass is 9.98. The van der Waals surface area contributed by atoms with Crippen LogP contribution in [0.3, 0.4) is 0 Å². The van der Waals surface area contributed by atoms with Crippen LogP contribution in [0.4, 0.5) is 0 Å². The fourth-order valence-electron chi connectivity index (χ4n) is 2.41. The molecule has 0 saturated carbocycles. The second kappa shape index (κ2) is 7.03. The van der Waals surface area contributed by atoms with Crippen molar-refractivity contribution in [3.05, 3.63) is 24.0 Å². The molecule has 0 aliphatic carbocycles. The summed E-state index contributed by atoms with van der Waals surface area (Å²) in [5, 5.41) is 12.0. The Balaban J connectivity index is 1.86. The molecule has 1 saturated heterocycles. The zero-order valence-corrected chi connectivity index (χ0v) is 11.8. The molecule has 1 aliphatic rings. The molecule has 0 aromatic carbocycles. The topological polar surface area (TPSA) is 109 Å². The molecule has 21 heavy (non-hydrogen) atoms. The fraction of sp³-hybridized carbons (Fsp3) is 0.500. The van der Waals surface area contributed by atoms with Crippen molar-refractivity contribution in [1.29, 1.82) is 0 Å². The molecular formula is C14H20N4O3. The van der Waals surface area contributed by atoms with Crippen LogP contribution in [0.5, 0.6) is 5.75 Å². The van der Waals surface area contributed by atoms with Gasteiger partial charge in [-0.1, -0.05) is 0 Å². The molecule has 2 rings (SSSR count). The van der Waals surface area contributed by atoms with Gasteiger partial charge in [0.1, 0.15) is 5.75 Å². The predicted molar refractivity (Wildman–Crippen MR) is 76.6 cm³/mol. The second-order valence-electron chi connectivity index (χ2n) is 5.14. The SMILES string of the molecule is NCC1CCCN(C(=O)CNC(=O)c2ncccc2O)C1. The number of pyridine rings is 1. The van der Waals surface area contributed by atoms with E-state index in [2.05, 4.69) is 10.3 Å². The van der Waals surface area contributed by atoms with Crippen LogP contribution in [0.1, 0.15) is 23.3 Å². The number of nitrogens with zero attached hydrogens (tertiary/aromatic N) is 2. The average molecular weight is 292 g/mol. The van der Waals surface area contributed by atoms with E-state index in [4.69, 9.17) is 5.73 Å². The van der Waals surface area contributed by atoms with Crippen molar-refractivity contribution < 1.29 is 14.7 Å². The van der Waals surface area contributed by atoms with Crippen LogP contribution in [0.25, 0.3) is 0 Å².